The van der Waals surface area contributed by atoms with Gasteiger partial charge in [-0.2, -0.15) is 0 Å². The first-order valence-corrected chi connectivity index (χ1v) is 4.91. The average Bonchev–Trinajstić information content (AvgIpc) is 2.15. The first-order valence-electron chi connectivity index (χ1n) is 4.91. The van der Waals surface area contributed by atoms with Crippen LogP contribution in [0.1, 0.15) is 25.5 Å². The van der Waals surface area contributed by atoms with Crippen LogP contribution in [0.15, 0.2) is 12.1 Å². The van der Waals surface area contributed by atoms with Crippen LogP contribution in [0.25, 0.3) is 0 Å². The first-order chi connectivity index (χ1) is 7.29. The maximum atomic E-state index is 9.62. The van der Waals surface area contributed by atoms with E-state index in [2.05, 4.69) is 0 Å². The molecule has 5 nitrogen and oxygen atoms in total. The van der Waals surface area contributed by atoms with Crippen molar-refractivity contribution in [1.29, 1.82) is 0 Å². The van der Waals surface area contributed by atoms with Gasteiger partial charge in [-0.3, -0.25) is 0 Å². The monoisotopic (exact) mass is 263 g/mol. The zero-order valence-electron chi connectivity index (χ0n) is 9.71. The van der Waals surface area contributed by atoms with Crippen molar-refractivity contribution in [3.8, 4) is 17.2 Å². The Bertz CT molecular complexity index is 372. The van der Waals surface area contributed by atoms with Crippen LogP contribution in [0.5, 0.6) is 17.2 Å². The van der Waals surface area contributed by atoms with Gasteiger partial charge in [0.05, 0.1) is 5.56 Å². The van der Waals surface area contributed by atoms with E-state index in [0.717, 1.165) is 12.1 Å². The molecule has 0 aliphatic rings. The van der Waals surface area contributed by atoms with Crippen LogP contribution in [0.4, 0.5) is 0 Å². The third-order valence-electron chi connectivity index (χ3n) is 2.68. The quantitative estimate of drug-likeness (QED) is 0.564. The number of aromatic hydroxyl groups is 3. The molecule has 0 saturated carbocycles. The van der Waals surface area contributed by atoms with Crippen molar-refractivity contribution in [2.75, 3.05) is 6.61 Å². The number of hydrogen-bond acceptors (Lipinski definition) is 5. The fourth-order valence-corrected chi connectivity index (χ4v) is 1.42. The number of benzene rings is 1. The second kappa shape index (κ2) is 5.44. The SMILES string of the molecule is CC(C)(CO)[C@@H](N)c1c(O)cc(O)cc1O.Cl. The number of aliphatic hydroxyl groups excluding tert-OH is 1. The highest BCUT2D eigenvalue weighted by atomic mass is 35.5. The molecule has 6 heteroatoms. The zero-order valence-corrected chi connectivity index (χ0v) is 10.5. The van der Waals surface area contributed by atoms with Crippen LogP contribution in [0.3, 0.4) is 0 Å². The second-order valence-corrected chi connectivity index (χ2v) is 4.52. The van der Waals surface area contributed by atoms with Crippen molar-refractivity contribution in [3.05, 3.63) is 17.7 Å². The second-order valence-electron chi connectivity index (χ2n) is 4.52. The summed E-state index contributed by atoms with van der Waals surface area (Å²) in [5.41, 5.74) is 5.31. The number of hydrogen-bond donors (Lipinski definition) is 5. The van der Waals surface area contributed by atoms with Gasteiger partial charge in [0.2, 0.25) is 0 Å². The maximum Gasteiger partial charge on any atom is 0.127 e. The lowest BCUT2D eigenvalue weighted by atomic mass is 9.81. The van der Waals surface area contributed by atoms with Gasteiger partial charge in [-0.15, -0.1) is 12.4 Å². The molecule has 1 rings (SSSR count). The average molecular weight is 264 g/mol. The predicted molar refractivity (Wildman–Crippen MR) is 66.5 cm³/mol. The topological polar surface area (TPSA) is 107 Å². The minimum atomic E-state index is -0.738. The van der Waals surface area contributed by atoms with E-state index < -0.39 is 11.5 Å². The molecular formula is C11H18ClNO4. The first kappa shape index (κ1) is 15.8. The van der Waals surface area contributed by atoms with Gasteiger partial charge in [-0.25, -0.2) is 0 Å². The van der Waals surface area contributed by atoms with Crippen molar-refractivity contribution in [2.45, 2.75) is 19.9 Å². The van der Waals surface area contributed by atoms with Crippen LogP contribution in [-0.2, 0) is 0 Å². The minimum Gasteiger partial charge on any atom is -0.508 e. The molecule has 0 fully saturated rings. The number of phenols is 3. The summed E-state index contributed by atoms with van der Waals surface area (Å²) in [7, 11) is 0. The van der Waals surface area contributed by atoms with Crippen LogP contribution >= 0.6 is 12.4 Å². The maximum absolute atomic E-state index is 9.62. The Labute approximate surface area is 106 Å². The lowest BCUT2D eigenvalue weighted by Gasteiger charge is -2.30. The summed E-state index contributed by atoms with van der Waals surface area (Å²) in [6.45, 7) is 3.24. The van der Waals surface area contributed by atoms with Crippen LogP contribution < -0.4 is 5.73 Å². The van der Waals surface area contributed by atoms with E-state index in [-0.39, 0.29) is 41.8 Å². The fraction of sp³-hybridized carbons (Fsp3) is 0.455. The molecule has 0 aromatic heterocycles. The molecule has 0 spiro atoms. The van der Waals surface area contributed by atoms with E-state index in [1.807, 2.05) is 0 Å². The van der Waals surface area contributed by atoms with Crippen molar-refractivity contribution < 1.29 is 20.4 Å². The van der Waals surface area contributed by atoms with Crippen molar-refractivity contribution in [2.24, 2.45) is 11.1 Å². The molecule has 98 valence electrons. The van der Waals surface area contributed by atoms with Crippen LogP contribution in [0, 0.1) is 5.41 Å². The normalized spacial score (nSPS) is 12.9. The third kappa shape index (κ3) is 3.15. The number of rotatable bonds is 3. The smallest absolute Gasteiger partial charge is 0.127 e. The van der Waals surface area contributed by atoms with Gasteiger partial charge in [0.1, 0.15) is 17.2 Å². The Hall–Kier alpha value is -1.17. The molecule has 0 aliphatic heterocycles. The van der Waals surface area contributed by atoms with Gasteiger partial charge < -0.3 is 26.2 Å². The molecule has 0 heterocycles. The van der Waals surface area contributed by atoms with E-state index in [0.29, 0.717) is 0 Å². The van der Waals surface area contributed by atoms with Crippen LogP contribution in [0.2, 0.25) is 0 Å². The molecule has 1 atom stereocenters. The van der Waals surface area contributed by atoms with Gasteiger partial charge in [-0.05, 0) is 0 Å². The number of aliphatic hydroxyl groups is 1. The van der Waals surface area contributed by atoms with E-state index in [1.165, 1.54) is 0 Å². The highest BCUT2D eigenvalue weighted by Gasteiger charge is 2.31. The standard InChI is InChI=1S/C11H17NO4.ClH/c1-11(2,5-13)10(12)9-7(15)3-6(14)4-8(9)16;/h3-4,10,13-16H,5,12H2,1-2H3;1H/t10-;/m0./s1. The highest BCUT2D eigenvalue weighted by Crippen LogP contribution is 2.42. The summed E-state index contributed by atoms with van der Waals surface area (Å²) in [4.78, 5) is 0. The largest absolute Gasteiger partial charge is 0.508 e. The number of nitrogens with two attached hydrogens (primary N) is 1. The predicted octanol–water partition coefficient (Wildman–Crippen LogP) is 1.24. The Morgan fingerprint density at radius 1 is 1.18 bits per heavy atom. The van der Waals surface area contributed by atoms with Gasteiger partial charge in [0, 0.05) is 30.2 Å². The fourth-order valence-electron chi connectivity index (χ4n) is 1.42. The lowest BCUT2D eigenvalue weighted by Crippen LogP contribution is -2.32. The summed E-state index contributed by atoms with van der Waals surface area (Å²) >= 11 is 0. The number of halogens is 1. The van der Waals surface area contributed by atoms with E-state index >= 15 is 0 Å². The van der Waals surface area contributed by atoms with Crippen molar-refractivity contribution in [3.63, 3.8) is 0 Å². The Morgan fingerprint density at radius 3 is 1.94 bits per heavy atom. The van der Waals surface area contributed by atoms with Gasteiger partial charge >= 0.3 is 0 Å². The Morgan fingerprint density at radius 2 is 1.59 bits per heavy atom. The van der Waals surface area contributed by atoms with Gasteiger partial charge in [0.25, 0.3) is 0 Å². The van der Waals surface area contributed by atoms with Crippen molar-refractivity contribution >= 4 is 12.4 Å². The summed E-state index contributed by atoms with van der Waals surface area (Å²) in [5.74, 6) is -0.814. The summed E-state index contributed by atoms with van der Waals surface area (Å²) in [6.07, 6.45) is 0. The van der Waals surface area contributed by atoms with E-state index in [1.54, 1.807) is 13.8 Å². The Kier molecular flexibility index (Phi) is 5.07. The van der Waals surface area contributed by atoms with Gasteiger partial charge in [0.15, 0.2) is 0 Å². The molecule has 1 aromatic rings. The van der Waals surface area contributed by atoms with E-state index in [4.69, 9.17) is 15.9 Å². The molecule has 0 unspecified atom stereocenters. The Balaban J connectivity index is 0.00000256. The van der Waals surface area contributed by atoms with Crippen molar-refractivity contribution in [1.82, 2.24) is 0 Å². The molecular weight excluding hydrogens is 246 g/mol. The number of phenolic OH excluding ortho intramolecular Hbond substituents is 3. The molecule has 17 heavy (non-hydrogen) atoms. The van der Waals surface area contributed by atoms with E-state index in [9.17, 15) is 10.2 Å². The molecule has 0 amide bonds. The molecule has 0 bridgehead atoms. The molecule has 0 aliphatic carbocycles. The highest BCUT2D eigenvalue weighted by molar-refractivity contribution is 5.85. The van der Waals surface area contributed by atoms with Crippen LogP contribution in [-0.4, -0.2) is 27.0 Å². The summed E-state index contributed by atoms with van der Waals surface area (Å²) < 4.78 is 0. The third-order valence-corrected chi connectivity index (χ3v) is 2.68. The lowest BCUT2D eigenvalue weighted by molar-refractivity contribution is 0.130. The zero-order chi connectivity index (χ0) is 12.5. The molecule has 1 aromatic carbocycles. The molecule has 0 saturated heterocycles. The molecule has 0 radical (unpaired) electrons. The summed E-state index contributed by atoms with van der Waals surface area (Å²) in [6, 6.07) is 1.46. The molecule has 6 N–H and O–H groups in total. The summed E-state index contributed by atoms with van der Waals surface area (Å²) in [5, 5.41) is 37.6. The minimum absolute atomic E-state index is 0. The van der Waals surface area contributed by atoms with Gasteiger partial charge in [-0.1, -0.05) is 13.8 Å².